The van der Waals surface area contributed by atoms with Crippen molar-refractivity contribution in [3.05, 3.63) is 58.6 Å². The molecule has 2 heterocycles. The predicted molar refractivity (Wildman–Crippen MR) is 89.3 cm³/mol. The second-order valence-corrected chi connectivity index (χ2v) is 6.04. The van der Waals surface area contributed by atoms with Crippen LogP contribution in [0.4, 0.5) is 10.9 Å². The molecule has 3 nitrogen and oxygen atoms in total. The van der Waals surface area contributed by atoms with E-state index < -0.39 is 0 Å². The number of benzene rings is 1. The van der Waals surface area contributed by atoms with Gasteiger partial charge in [0, 0.05) is 17.1 Å². The molecule has 106 valence electrons. The fraction of sp³-hybridized carbons (Fsp3) is 0.176. The number of pyridine rings is 1. The van der Waals surface area contributed by atoms with Crippen molar-refractivity contribution in [2.24, 2.45) is 0 Å². The van der Waals surface area contributed by atoms with E-state index in [1.54, 1.807) is 11.3 Å². The molecule has 4 heteroatoms. The summed E-state index contributed by atoms with van der Waals surface area (Å²) < 4.78 is 0. The van der Waals surface area contributed by atoms with Crippen molar-refractivity contribution >= 4 is 22.3 Å². The van der Waals surface area contributed by atoms with Crippen LogP contribution in [0.15, 0.2) is 41.9 Å². The number of hydrogen-bond acceptors (Lipinski definition) is 4. The standard InChI is InChI=1S/C17H17N3S/c1-11-4-7-16(18-9-11)20-17-19-15(10-21-17)14-6-5-12(2)13(3)8-14/h4-10H,1-3H3,(H,18,19,20). The molecule has 0 bridgehead atoms. The number of nitrogens with one attached hydrogen (secondary N) is 1. The second kappa shape index (κ2) is 5.66. The third kappa shape index (κ3) is 3.11. The van der Waals surface area contributed by atoms with Gasteiger partial charge in [-0.1, -0.05) is 18.2 Å². The van der Waals surface area contributed by atoms with Gasteiger partial charge in [-0.25, -0.2) is 9.97 Å². The number of thiazole rings is 1. The van der Waals surface area contributed by atoms with Crippen molar-refractivity contribution in [1.29, 1.82) is 0 Å². The molecule has 0 unspecified atom stereocenters. The first kappa shape index (κ1) is 13.8. The highest BCUT2D eigenvalue weighted by Crippen LogP contribution is 2.27. The summed E-state index contributed by atoms with van der Waals surface area (Å²) >= 11 is 1.59. The molecule has 0 atom stereocenters. The number of rotatable bonds is 3. The molecular formula is C17H17N3S. The molecule has 21 heavy (non-hydrogen) atoms. The van der Waals surface area contributed by atoms with Crippen LogP contribution in [-0.4, -0.2) is 9.97 Å². The maximum atomic E-state index is 4.64. The lowest BCUT2D eigenvalue weighted by Crippen LogP contribution is -1.92. The lowest BCUT2D eigenvalue weighted by molar-refractivity contribution is 1.25. The number of aromatic nitrogens is 2. The Labute approximate surface area is 128 Å². The van der Waals surface area contributed by atoms with E-state index in [-0.39, 0.29) is 0 Å². The molecule has 0 saturated carbocycles. The maximum Gasteiger partial charge on any atom is 0.188 e. The highest BCUT2D eigenvalue weighted by Gasteiger charge is 2.06. The Balaban J connectivity index is 1.82. The summed E-state index contributed by atoms with van der Waals surface area (Å²) in [6.07, 6.45) is 1.85. The van der Waals surface area contributed by atoms with Gasteiger partial charge >= 0.3 is 0 Å². The molecule has 0 saturated heterocycles. The van der Waals surface area contributed by atoms with Gasteiger partial charge in [0.25, 0.3) is 0 Å². The zero-order chi connectivity index (χ0) is 14.8. The van der Waals surface area contributed by atoms with Gasteiger partial charge in [-0.05, 0) is 49.6 Å². The summed E-state index contributed by atoms with van der Waals surface area (Å²) in [5.74, 6) is 0.821. The largest absolute Gasteiger partial charge is 0.316 e. The van der Waals surface area contributed by atoms with Crippen molar-refractivity contribution < 1.29 is 0 Å². The van der Waals surface area contributed by atoms with E-state index in [1.165, 1.54) is 11.1 Å². The molecule has 0 fully saturated rings. The van der Waals surface area contributed by atoms with Crippen LogP contribution in [0.25, 0.3) is 11.3 Å². The summed E-state index contributed by atoms with van der Waals surface area (Å²) in [6, 6.07) is 10.4. The number of hydrogen-bond donors (Lipinski definition) is 1. The summed E-state index contributed by atoms with van der Waals surface area (Å²) in [7, 11) is 0. The number of anilines is 2. The maximum absolute atomic E-state index is 4.64. The fourth-order valence-corrected chi connectivity index (χ4v) is 2.74. The first-order valence-electron chi connectivity index (χ1n) is 6.84. The molecule has 0 spiro atoms. The van der Waals surface area contributed by atoms with Crippen molar-refractivity contribution in [2.45, 2.75) is 20.8 Å². The predicted octanol–water partition coefficient (Wildman–Crippen LogP) is 4.87. The Morgan fingerprint density at radius 3 is 2.57 bits per heavy atom. The van der Waals surface area contributed by atoms with Gasteiger partial charge in [-0.15, -0.1) is 11.3 Å². The van der Waals surface area contributed by atoms with E-state index in [0.29, 0.717) is 0 Å². The van der Waals surface area contributed by atoms with Gasteiger partial charge in [-0.2, -0.15) is 0 Å². The summed E-state index contributed by atoms with van der Waals surface area (Å²) in [6.45, 7) is 6.27. The minimum atomic E-state index is 0.821. The lowest BCUT2D eigenvalue weighted by Gasteiger charge is -2.03. The molecule has 0 radical (unpaired) electrons. The van der Waals surface area contributed by atoms with Crippen molar-refractivity contribution in [1.82, 2.24) is 9.97 Å². The van der Waals surface area contributed by atoms with Crippen LogP contribution in [0, 0.1) is 20.8 Å². The van der Waals surface area contributed by atoms with Gasteiger partial charge in [-0.3, -0.25) is 0 Å². The molecule has 0 aliphatic rings. The molecule has 0 aliphatic carbocycles. The number of aryl methyl sites for hydroxylation is 3. The van der Waals surface area contributed by atoms with Gasteiger partial charge in [0.05, 0.1) is 5.69 Å². The van der Waals surface area contributed by atoms with Gasteiger partial charge in [0.1, 0.15) is 5.82 Å². The molecule has 3 aromatic rings. The van der Waals surface area contributed by atoms with Gasteiger partial charge in [0.15, 0.2) is 5.13 Å². The molecule has 2 aromatic heterocycles. The molecular weight excluding hydrogens is 278 g/mol. The Kier molecular flexibility index (Phi) is 3.71. The smallest absolute Gasteiger partial charge is 0.188 e. The van der Waals surface area contributed by atoms with Crippen LogP contribution in [0.1, 0.15) is 16.7 Å². The molecule has 0 aliphatic heterocycles. The van der Waals surface area contributed by atoms with Gasteiger partial charge < -0.3 is 5.32 Å². The van der Waals surface area contributed by atoms with Crippen LogP contribution >= 0.6 is 11.3 Å². The van der Waals surface area contributed by atoms with E-state index in [0.717, 1.165) is 27.8 Å². The van der Waals surface area contributed by atoms with Crippen molar-refractivity contribution in [3.63, 3.8) is 0 Å². The molecule has 3 rings (SSSR count). The SMILES string of the molecule is Cc1ccc(Nc2nc(-c3ccc(C)c(C)c3)cs2)nc1. The highest BCUT2D eigenvalue weighted by atomic mass is 32.1. The quantitative estimate of drug-likeness (QED) is 0.748. The summed E-state index contributed by atoms with van der Waals surface area (Å²) in [5.41, 5.74) is 5.89. The Morgan fingerprint density at radius 2 is 1.86 bits per heavy atom. The minimum Gasteiger partial charge on any atom is -0.316 e. The third-order valence-electron chi connectivity index (χ3n) is 3.45. The van der Waals surface area contributed by atoms with Gasteiger partial charge in [0.2, 0.25) is 0 Å². The fourth-order valence-electron chi connectivity index (χ4n) is 2.02. The molecule has 1 N–H and O–H groups in total. The van der Waals surface area contributed by atoms with Crippen LogP contribution in [0.3, 0.4) is 0 Å². The normalized spacial score (nSPS) is 10.6. The first-order chi connectivity index (χ1) is 10.1. The Bertz CT molecular complexity index is 760. The third-order valence-corrected chi connectivity index (χ3v) is 4.21. The minimum absolute atomic E-state index is 0.821. The van der Waals surface area contributed by atoms with E-state index in [4.69, 9.17) is 0 Å². The average Bonchev–Trinajstić information content (AvgIpc) is 2.93. The zero-order valence-corrected chi connectivity index (χ0v) is 13.2. The molecule has 1 aromatic carbocycles. The van der Waals surface area contributed by atoms with E-state index in [9.17, 15) is 0 Å². The number of nitrogens with zero attached hydrogens (tertiary/aromatic N) is 2. The topological polar surface area (TPSA) is 37.8 Å². The van der Waals surface area contributed by atoms with Crippen LogP contribution in [0.2, 0.25) is 0 Å². The van der Waals surface area contributed by atoms with Crippen LogP contribution in [-0.2, 0) is 0 Å². The zero-order valence-electron chi connectivity index (χ0n) is 12.3. The second-order valence-electron chi connectivity index (χ2n) is 5.18. The van der Waals surface area contributed by atoms with Crippen LogP contribution < -0.4 is 5.32 Å². The lowest BCUT2D eigenvalue weighted by atomic mass is 10.1. The monoisotopic (exact) mass is 295 g/mol. The van der Waals surface area contributed by atoms with Crippen molar-refractivity contribution in [3.8, 4) is 11.3 Å². The first-order valence-corrected chi connectivity index (χ1v) is 7.72. The highest BCUT2D eigenvalue weighted by molar-refractivity contribution is 7.14. The summed E-state index contributed by atoms with van der Waals surface area (Å²) in [4.78, 5) is 8.97. The Morgan fingerprint density at radius 1 is 1.00 bits per heavy atom. The van der Waals surface area contributed by atoms with E-state index in [1.807, 2.05) is 25.3 Å². The van der Waals surface area contributed by atoms with Crippen LogP contribution in [0.5, 0.6) is 0 Å². The van der Waals surface area contributed by atoms with E-state index >= 15 is 0 Å². The van der Waals surface area contributed by atoms with Crippen molar-refractivity contribution in [2.75, 3.05) is 5.32 Å². The van der Waals surface area contributed by atoms with E-state index in [2.05, 4.69) is 52.7 Å². The molecule has 0 amide bonds. The average molecular weight is 295 g/mol. The Hall–Kier alpha value is -2.20. The summed E-state index contributed by atoms with van der Waals surface area (Å²) in [5, 5.41) is 6.17.